The molecular formula is C11H14ClNO4. The van der Waals surface area contributed by atoms with E-state index in [4.69, 9.17) is 0 Å². The van der Waals surface area contributed by atoms with Crippen LogP contribution in [0.3, 0.4) is 0 Å². The molecule has 1 rings (SSSR count). The van der Waals surface area contributed by atoms with Gasteiger partial charge >= 0.3 is 5.97 Å². The number of nitro groups is 1. The molecule has 0 aliphatic carbocycles. The van der Waals surface area contributed by atoms with Gasteiger partial charge in [-0.3, -0.25) is 14.9 Å². The predicted octanol–water partition coefficient (Wildman–Crippen LogP) is 2.43. The molecule has 0 radical (unpaired) electrons. The van der Waals surface area contributed by atoms with Gasteiger partial charge in [0.25, 0.3) is 5.69 Å². The lowest BCUT2D eigenvalue weighted by Gasteiger charge is -2.02. The molecule has 0 heterocycles. The number of halogens is 1. The van der Waals surface area contributed by atoms with E-state index in [-0.39, 0.29) is 30.5 Å². The van der Waals surface area contributed by atoms with Gasteiger partial charge in [0.05, 0.1) is 12.0 Å². The minimum Gasteiger partial charge on any atom is -0.469 e. The number of nitrogens with zero attached hydrogens (tertiary/aromatic N) is 1. The zero-order chi connectivity index (χ0) is 12.1. The Morgan fingerprint density at radius 1 is 1.47 bits per heavy atom. The second-order valence-corrected chi connectivity index (χ2v) is 3.45. The molecule has 17 heavy (non-hydrogen) atoms. The third-order valence-corrected chi connectivity index (χ3v) is 2.32. The van der Waals surface area contributed by atoms with Crippen molar-refractivity contribution in [1.82, 2.24) is 0 Å². The number of benzene rings is 1. The van der Waals surface area contributed by atoms with Gasteiger partial charge in [0.15, 0.2) is 0 Å². The van der Waals surface area contributed by atoms with Crippen LogP contribution in [0.15, 0.2) is 18.2 Å². The summed E-state index contributed by atoms with van der Waals surface area (Å²) in [6, 6.07) is 4.97. The SMILES string of the molecule is COC(=O)CCc1ccc(C)c([N+](=O)[O-])c1.Cl. The highest BCUT2D eigenvalue weighted by atomic mass is 35.5. The Hall–Kier alpha value is -1.62. The van der Waals surface area contributed by atoms with E-state index in [9.17, 15) is 14.9 Å². The van der Waals surface area contributed by atoms with Crippen molar-refractivity contribution in [3.8, 4) is 0 Å². The van der Waals surface area contributed by atoms with Gasteiger partial charge in [-0.15, -0.1) is 12.4 Å². The lowest BCUT2D eigenvalue weighted by molar-refractivity contribution is -0.385. The fraction of sp³-hybridized carbons (Fsp3) is 0.364. The molecule has 0 fully saturated rings. The summed E-state index contributed by atoms with van der Waals surface area (Å²) >= 11 is 0. The summed E-state index contributed by atoms with van der Waals surface area (Å²) in [5, 5.41) is 10.7. The van der Waals surface area contributed by atoms with E-state index in [1.807, 2.05) is 0 Å². The molecule has 0 unspecified atom stereocenters. The summed E-state index contributed by atoms with van der Waals surface area (Å²) in [4.78, 5) is 21.2. The molecule has 0 atom stereocenters. The Morgan fingerprint density at radius 3 is 2.65 bits per heavy atom. The van der Waals surface area contributed by atoms with Crippen LogP contribution in [-0.4, -0.2) is 18.0 Å². The fourth-order valence-corrected chi connectivity index (χ4v) is 1.36. The van der Waals surface area contributed by atoms with E-state index < -0.39 is 4.92 Å². The van der Waals surface area contributed by atoms with E-state index in [0.29, 0.717) is 12.0 Å². The number of aryl methyl sites for hydroxylation is 2. The standard InChI is InChI=1S/C11H13NO4.ClH/c1-8-3-4-9(5-6-11(13)16-2)7-10(8)12(14)15;/h3-4,7H,5-6H2,1-2H3;1H. The number of hydrogen-bond acceptors (Lipinski definition) is 4. The third kappa shape index (κ3) is 4.40. The molecule has 0 saturated heterocycles. The second kappa shape index (κ2) is 6.85. The summed E-state index contributed by atoms with van der Waals surface area (Å²) in [5.74, 6) is -0.316. The van der Waals surface area contributed by atoms with E-state index in [0.717, 1.165) is 5.56 Å². The molecule has 0 spiro atoms. The fourth-order valence-electron chi connectivity index (χ4n) is 1.36. The lowest BCUT2D eigenvalue weighted by atomic mass is 10.1. The summed E-state index contributed by atoms with van der Waals surface area (Å²) in [7, 11) is 1.32. The zero-order valence-corrected chi connectivity index (χ0v) is 10.5. The van der Waals surface area contributed by atoms with Gasteiger partial charge < -0.3 is 4.74 Å². The first-order valence-electron chi connectivity index (χ1n) is 4.85. The van der Waals surface area contributed by atoms with Gasteiger partial charge in [0.1, 0.15) is 0 Å². The quantitative estimate of drug-likeness (QED) is 0.473. The third-order valence-electron chi connectivity index (χ3n) is 2.32. The van der Waals surface area contributed by atoms with Crippen molar-refractivity contribution in [3.05, 3.63) is 39.4 Å². The van der Waals surface area contributed by atoms with Crippen molar-refractivity contribution in [2.45, 2.75) is 19.8 Å². The molecule has 1 aromatic rings. The first kappa shape index (κ1) is 15.4. The summed E-state index contributed by atoms with van der Waals surface area (Å²) in [6.07, 6.45) is 0.685. The number of carbonyl (C=O) groups is 1. The first-order valence-corrected chi connectivity index (χ1v) is 4.85. The Morgan fingerprint density at radius 2 is 2.12 bits per heavy atom. The topological polar surface area (TPSA) is 69.4 Å². The molecule has 0 aliphatic heterocycles. The van der Waals surface area contributed by atoms with E-state index in [1.54, 1.807) is 19.1 Å². The van der Waals surface area contributed by atoms with Crippen molar-refractivity contribution in [1.29, 1.82) is 0 Å². The summed E-state index contributed by atoms with van der Waals surface area (Å²) < 4.78 is 4.50. The maximum Gasteiger partial charge on any atom is 0.305 e. The highest BCUT2D eigenvalue weighted by Crippen LogP contribution is 2.20. The summed E-state index contributed by atoms with van der Waals surface area (Å²) in [5.41, 5.74) is 1.47. The predicted molar refractivity (Wildman–Crippen MR) is 65.4 cm³/mol. The molecule has 1 aromatic carbocycles. The molecule has 0 saturated carbocycles. The minimum atomic E-state index is -0.420. The largest absolute Gasteiger partial charge is 0.469 e. The van der Waals surface area contributed by atoms with Gasteiger partial charge in [-0.25, -0.2) is 0 Å². The molecule has 5 nitrogen and oxygen atoms in total. The number of rotatable bonds is 4. The monoisotopic (exact) mass is 259 g/mol. The highest BCUT2D eigenvalue weighted by molar-refractivity contribution is 5.85. The normalized spacial score (nSPS) is 9.29. The highest BCUT2D eigenvalue weighted by Gasteiger charge is 2.11. The van der Waals surface area contributed by atoms with Crippen LogP contribution in [0.2, 0.25) is 0 Å². The molecule has 0 bridgehead atoms. The van der Waals surface area contributed by atoms with Crippen LogP contribution in [0.25, 0.3) is 0 Å². The molecule has 0 amide bonds. The number of carbonyl (C=O) groups excluding carboxylic acids is 1. The van der Waals surface area contributed by atoms with Crippen molar-refractivity contribution >= 4 is 24.1 Å². The average Bonchev–Trinajstić information content (AvgIpc) is 2.27. The van der Waals surface area contributed by atoms with Crippen LogP contribution in [-0.2, 0) is 16.0 Å². The van der Waals surface area contributed by atoms with Crippen molar-refractivity contribution < 1.29 is 14.5 Å². The van der Waals surface area contributed by atoms with Crippen LogP contribution < -0.4 is 0 Å². The Balaban J connectivity index is 0.00000256. The molecular weight excluding hydrogens is 246 g/mol. The number of methoxy groups -OCH3 is 1. The van der Waals surface area contributed by atoms with Gasteiger partial charge in [-0.05, 0) is 18.9 Å². The Kier molecular flexibility index (Phi) is 6.20. The first-order chi connectivity index (χ1) is 7.54. The summed E-state index contributed by atoms with van der Waals surface area (Å²) in [6.45, 7) is 1.68. The van der Waals surface area contributed by atoms with Crippen LogP contribution >= 0.6 is 12.4 Å². The van der Waals surface area contributed by atoms with Crippen LogP contribution in [0, 0.1) is 17.0 Å². The van der Waals surface area contributed by atoms with E-state index >= 15 is 0 Å². The van der Waals surface area contributed by atoms with Crippen molar-refractivity contribution in [3.63, 3.8) is 0 Å². The number of ether oxygens (including phenoxy) is 1. The van der Waals surface area contributed by atoms with Crippen molar-refractivity contribution in [2.75, 3.05) is 7.11 Å². The zero-order valence-electron chi connectivity index (χ0n) is 9.63. The van der Waals surface area contributed by atoms with Gasteiger partial charge in [-0.1, -0.05) is 12.1 Å². The maximum atomic E-state index is 10.9. The smallest absolute Gasteiger partial charge is 0.305 e. The Labute approximate surface area is 105 Å². The molecule has 0 N–H and O–H groups in total. The molecule has 6 heteroatoms. The van der Waals surface area contributed by atoms with Crippen LogP contribution in [0.1, 0.15) is 17.5 Å². The maximum absolute atomic E-state index is 10.9. The van der Waals surface area contributed by atoms with Gasteiger partial charge in [-0.2, -0.15) is 0 Å². The lowest BCUT2D eigenvalue weighted by Crippen LogP contribution is -2.02. The molecule has 0 aliphatic rings. The second-order valence-electron chi connectivity index (χ2n) is 3.45. The van der Waals surface area contributed by atoms with Crippen molar-refractivity contribution in [2.24, 2.45) is 0 Å². The minimum absolute atomic E-state index is 0. The number of esters is 1. The van der Waals surface area contributed by atoms with E-state index in [1.165, 1.54) is 13.2 Å². The Bertz CT molecular complexity index is 420. The molecule has 94 valence electrons. The van der Waals surface area contributed by atoms with E-state index in [2.05, 4.69) is 4.74 Å². The number of hydrogen-bond donors (Lipinski definition) is 0. The number of nitro benzene ring substituents is 1. The van der Waals surface area contributed by atoms with Crippen LogP contribution in [0.5, 0.6) is 0 Å². The molecule has 0 aromatic heterocycles. The van der Waals surface area contributed by atoms with Gasteiger partial charge in [0.2, 0.25) is 0 Å². The average molecular weight is 260 g/mol. The van der Waals surface area contributed by atoms with Gasteiger partial charge in [0, 0.05) is 18.1 Å². The van der Waals surface area contributed by atoms with Crippen LogP contribution in [0.4, 0.5) is 5.69 Å².